The van der Waals surface area contributed by atoms with E-state index in [1.807, 2.05) is 0 Å². The second kappa shape index (κ2) is 7.49. The van der Waals surface area contributed by atoms with Gasteiger partial charge in [0, 0.05) is 12.1 Å². The van der Waals surface area contributed by atoms with Gasteiger partial charge in [0.15, 0.2) is 0 Å². The summed E-state index contributed by atoms with van der Waals surface area (Å²) in [6.45, 7) is 8.61. The summed E-state index contributed by atoms with van der Waals surface area (Å²) >= 11 is 0. The molecule has 2 heteroatoms. The fourth-order valence-corrected chi connectivity index (χ4v) is 3.50. The van der Waals surface area contributed by atoms with E-state index in [0.29, 0.717) is 0 Å². The molecule has 0 aromatic carbocycles. The van der Waals surface area contributed by atoms with Gasteiger partial charge in [0.05, 0.1) is 0 Å². The predicted molar refractivity (Wildman–Crippen MR) is 78.9 cm³/mol. The van der Waals surface area contributed by atoms with Crippen molar-refractivity contribution >= 4 is 0 Å². The van der Waals surface area contributed by atoms with E-state index in [4.69, 9.17) is 0 Å². The van der Waals surface area contributed by atoms with Gasteiger partial charge in [-0.25, -0.2) is 0 Å². The third-order valence-electron chi connectivity index (χ3n) is 4.76. The molecular weight excluding hydrogens is 220 g/mol. The topological polar surface area (TPSA) is 15.3 Å². The summed E-state index contributed by atoms with van der Waals surface area (Å²) in [5.74, 6) is 0.846. The predicted octanol–water partition coefficient (Wildman–Crippen LogP) is 3.42. The van der Waals surface area contributed by atoms with Gasteiger partial charge in [0.2, 0.25) is 0 Å². The van der Waals surface area contributed by atoms with Crippen molar-refractivity contribution in [1.29, 1.82) is 0 Å². The van der Waals surface area contributed by atoms with E-state index in [2.05, 4.69) is 24.1 Å². The molecule has 1 saturated heterocycles. The van der Waals surface area contributed by atoms with Gasteiger partial charge in [-0.1, -0.05) is 26.7 Å². The van der Waals surface area contributed by atoms with Gasteiger partial charge in [0.25, 0.3) is 0 Å². The molecule has 0 spiro atoms. The van der Waals surface area contributed by atoms with E-state index in [9.17, 15) is 0 Å². The van der Waals surface area contributed by atoms with Crippen molar-refractivity contribution in [2.45, 2.75) is 77.3 Å². The lowest BCUT2D eigenvalue weighted by molar-refractivity contribution is 0.180. The maximum Gasteiger partial charge on any atom is 0.00952 e. The van der Waals surface area contributed by atoms with Gasteiger partial charge in [-0.3, -0.25) is 0 Å². The van der Waals surface area contributed by atoms with Crippen LogP contribution in [0, 0.1) is 5.92 Å². The molecule has 2 fully saturated rings. The Morgan fingerprint density at radius 1 is 1.06 bits per heavy atom. The van der Waals surface area contributed by atoms with Crippen molar-refractivity contribution in [2.24, 2.45) is 5.92 Å². The first-order valence-electron chi connectivity index (χ1n) is 8.23. The van der Waals surface area contributed by atoms with Crippen molar-refractivity contribution in [1.82, 2.24) is 10.2 Å². The number of rotatable bonds is 7. The fraction of sp³-hybridized carbons (Fsp3) is 1.00. The molecule has 18 heavy (non-hydrogen) atoms. The Labute approximate surface area is 114 Å². The van der Waals surface area contributed by atoms with Crippen LogP contribution in [0.5, 0.6) is 0 Å². The Morgan fingerprint density at radius 2 is 1.83 bits per heavy atom. The summed E-state index contributed by atoms with van der Waals surface area (Å²) in [7, 11) is 0. The minimum absolute atomic E-state index is 0.813. The second-order valence-electron chi connectivity index (χ2n) is 6.74. The molecule has 1 aliphatic carbocycles. The standard InChI is InChI=1S/C16H32N2/c1-14(2)9-12-18(16-7-3-4-8-16)13-10-15-6-5-11-17-15/h14-17H,3-13H2,1-2H3. The molecule has 1 N–H and O–H groups in total. The highest BCUT2D eigenvalue weighted by molar-refractivity contribution is 4.81. The van der Waals surface area contributed by atoms with E-state index in [-0.39, 0.29) is 0 Å². The average Bonchev–Trinajstić information content (AvgIpc) is 3.01. The Kier molecular flexibility index (Phi) is 5.97. The Morgan fingerprint density at radius 3 is 2.44 bits per heavy atom. The van der Waals surface area contributed by atoms with Gasteiger partial charge >= 0.3 is 0 Å². The lowest BCUT2D eigenvalue weighted by Crippen LogP contribution is -2.38. The fourth-order valence-electron chi connectivity index (χ4n) is 3.50. The minimum Gasteiger partial charge on any atom is -0.314 e. The summed E-state index contributed by atoms with van der Waals surface area (Å²) in [5, 5.41) is 3.64. The number of nitrogens with zero attached hydrogens (tertiary/aromatic N) is 1. The van der Waals surface area contributed by atoms with Crippen LogP contribution in [-0.4, -0.2) is 36.6 Å². The first-order valence-corrected chi connectivity index (χ1v) is 8.23. The van der Waals surface area contributed by atoms with Crippen molar-refractivity contribution in [3.8, 4) is 0 Å². The van der Waals surface area contributed by atoms with Crippen molar-refractivity contribution in [3.63, 3.8) is 0 Å². The molecule has 1 heterocycles. The zero-order valence-electron chi connectivity index (χ0n) is 12.5. The summed E-state index contributed by atoms with van der Waals surface area (Å²) in [4.78, 5) is 2.81. The van der Waals surface area contributed by atoms with Crippen LogP contribution in [0.3, 0.4) is 0 Å². The quantitative estimate of drug-likeness (QED) is 0.747. The molecule has 0 aromatic heterocycles. The van der Waals surface area contributed by atoms with Crippen LogP contribution < -0.4 is 5.32 Å². The number of hydrogen-bond donors (Lipinski definition) is 1. The van der Waals surface area contributed by atoms with Gasteiger partial charge in [0.1, 0.15) is 0 Å². The summed E-state index contributed by atoms with van der Waals surface area (Å²) in [6.07, 6.45) is 11.4. The highest BCUT2D eigenvalue weighted by Gasteiger charge is 2.23. The number of hydrogen-bond acceptors (Lipinski definition) is 2. The van der Waals surface area contributed by atoms with Crippen LogP contribution in [0.25, 0.3) is 0 Å². The lowest BCUT2D eigenvalue weighted by Gasteiger charge is -2.30. The molecule has 0 amide bonds. The van der Waals surface area contributed by atoms with E-state index >= 15 is 0 Å². The van der Waals surface area contributed by atoms with Crippen LogP contribution >= 0.6 is 0 Å². The van der Waals surface area contributed by atoms with E-state index in [1.165, 1.54) is 71.0 Å². The maximum atomic E-state index is 3.64. The molecular formula is C16H32N2. The highest BCUT2D eigenvalue weighted by atomic mass is 15.2. The summed E-state index contributed by atoms with van der Waals surface area (Å²) < 4.78 is 0. The molecule has 2 aliphatic rings. The van der Waals surface area contributed by atoms with Gasteiger partial charge < -0.3 is 10.2 Å². The van der Waals surface area contributed by atoms with Crippen molar-refractivity contribution < 1.29 is 0 Å². The van der Waals surface area contributed by atoms with Crippen LogP contribution in [0.1, 0.15) is 65.2 Å². The average molecular weight is 252 g/mol. The molecule has 0 aromatic rings. The summed E-state index contributed by atoms with van der Waals surface area (Å²) in [6, 6.07) is 1.72. The molecule has 1 atom stereocenters. The first-order chi connectivity index (χ1) is 8.75. The molecule has 2 nitrogen and oxygen atoms in total. The Balaban J connectivity index is 1.74. The number of nitrogens with one attached hydrogen (secondary N) is 1. The Bertz CT molecular complexity index is 215. The zero-order valence-corrected chi connectivity index (χ0v) is 12.5. The molecule has 2 rings (SSSR count). The minimum atomic E-state index is 0.813. The van der Waals surface area contributed by atoms with Crippen molar-refractivity contribution in [2.75, 3.05) is 19.6 Å². The van der Waals surface area contributed by atoms with Gasteiger partial charge in [-0.15, -0.1) is 0 Å². The molecule has 1 aliphatic heterocycles. The molecule has 0 radical (unpaired) electrons. The Hall–Kier alpha value is -0.0800. The van der Waals surface area contributed by atoms with E-state index in [0.717, 1.165) is 18.0 Å². The largest absolute Gasteiger partial charge is 0.314 e. The third-order valence-corrected chi connectivity index (χ3v) is 4.76. The van der Waals surface area contributed by atoms with Crippen molar-refractivity contribution in [3.05, 3.63) is 0 Å². The molecule has 1 unspecified atom stereocenters. The lowest BCUT2D eigenvalue weighted by atomic mass is 10.1. The van der Waals surface area contributed by atoms with E-state index < -0.39 is 0 Å². The second-order valence-corrected chi connectivity index (χ2v) is 6.74. The summed E-state index contributed by atoms with van der Waals surface area (Å²) in [5.41, 5.74) is 0. The smallest absolute Gasteiger partial charge is 0.00952 e. The zero-order chi connectivity index (χ0) is 12.8. The molecule has 0 bridgehead atoms. The van der Waals surface area contributed by atoms with Crippen LogP contribution in [0.4, 0.5) is 0 Å². The first kappa shape index (κ1) is 14.3. The molecule has 1 saturated carbocycles. The van der Waals surface area contributed by atoms with Gasteiger partial charge in [-0.2, -0.15) is 0 Å². The third kappa shape index (κ3) is 4.55. The molecule has 106 valence electrons. The SMILES string of the molecule is CC(C)CCN(CCC1CCCN1)C1CCCC1. The van der Waals surface area contributed by atoms with Crippen LogP contribution in [0.2, 0.25) is 0 Å². The monoisotopic (exact) mass is 252 g/mol. The highest BCUT2D eigenvalue weighted by Crippen LogP contribution is 2.25. The van der Waals surface area contributed by atoms with E-state index in [1.54, 1.807) is 0 Å². The van der Waals surface area contributed by atoms with Crippen LogP contribution in [0.15, 0.2) is 0 Å². The maximum absolute atomic E-state index is 3.64. The normalized spacial score (nSPS) is 25.7. The van der Waals surface area contributed by atoms with Crippen LogP contribution in [-0.2, 0) is 0 Å². The van der Waals surface area contributed by atoms with Gasteiger partial charge in [-0.05, 0) is 64.1 Å².